The van der Waals surface area contributed by atoms with Crippen molar-refractivity contribution in [2.24, 2.45) is 5.92 Å². The number of aliphatic hydroxyl groups excluding tert-OH is 2. The van der Waals surface area contributed by atoms with Crippen LogP contribution in [-0.4, -0.2) is 36.3 Å². The molecule has 168 valence electrons. The van der Waals surface area contributed by atoms with Crippen molar-refractivity contribution in [1.29, 1.82) is 0 Å². The fourth-order valence-corrected chi connectivity index (χ4v) is 9.95. The van der Waals surface area contributed by atoms with Crippen molar-refractivity contribution in [3.63, 3.8) is 0 Å². The second-order valence-corrected chi connectivity index (χ2v) is 16.0. The smallest absolute Gasteiger partial charge is 0.198 e. The van der Waals surface area contributed by atoms with Crippen LogP contribution in [0, 0.1) is 5.92 Å². The van der Waals surface area contributed by atoms with Crippen LogP contribution in [-0.2, 0) is 4.43 Å². The van der Waals surface area contributed by atoms with Crippen molar-refractivity contribution in [2.45, 2.75) is 148 Å². The Hall–Kier alpha value is 0.0969. The minimum absolute atomic E-state index is 0.107. The Morgan fingerprint density at radius 1 is 0.821 bits per heavy atom. The second-order valence-electron chi connectivity index (χ2n) is 11.3. The van der Waals surface area contributed by atoms with E-state index in [2.05, 4.69) is 48.5 Å². The van der Waals surface area contributed by atoms with Gasteiger partial charge in [-0.1, -0.05) is 72.6 Å². The molecule has 0 radical (unpaired) electrons. The Balaban J connectivity index is 2.79. The molecule has 28 heavy (non-hydrogen) atoms. The van der Waals surface area contributed by atoms with Crippen LogP contribution in [0.15, 0.2) is 0 Å². The van der Waals surface area contributed by atoms with E-state index < -0.39 is 20.5 Å². The largest absolute Gasteiger partial charge is 0.412 e. The lowest BCUT2D eigenvalue weighted by molar-refractivity contribution is -0.0261. The number of aliphatic hydroxyl groups is 2. The van der Waals surface area contributed by atoms with E-state index >= 15 is 0 Å². The van der Waals surface area contributed by atoms with Crippen molar-refractivity contribution >= 4 is 8.32 Å². The average Bonchev–Trinajstić information content (AvgIpc) is 2.56. The van der Waals surface area contributed by atoms with E-state index in [1.807, 2.05) is 0 Å². The monoisotopic (exact) mass is 414 g/mol. The van der Waals surface area contributed by atoms with Gasteiger partial charge in [-0.3, -0.25) is 0 Å². The highest BCUT2D eigenvalue weighted by Gasteiger charge is 2.48. The summed E-state index contributed by atoms with van der Waals surface area (Å²) in [7, 11) is -1.97. The Labute approximate surface area is 176 Å². The first-order valence-corrected chi connectivity index (χ1v) is 14.3. The summed E-state index contributed by atoms with van der Waals surface area (Å²) in [5.41, 5.74) is -0.107. The molecule has 2 N–H and O–H groups in total. The Morgan fingerprint density at radius 3 is 1.96 bits per heavy atom. The van der Waals surface area contributed by atoms with E-state index in [4.69, 9.17) is 4.43 Å². The maximum atomic E-state index is 10.1. The van der Waals surface area contributed by atoms with Crippen molar-refractivity contribution < 1.29 is 14.6 Å². The van der Waals surface area contributed by atoms with Gasteiger partial charge >= 0.3 is 0 Å². The molecule has 0 saturated heterocycles. The van der Waals surface area contributed by atoms with Crippen LogP contribution in [0.2, 0.25) is 17.1 Å². The molecule has 4 heteroatoms. The van der Waals surface area contributed by atoms with E-state index in [1.54, 1.807) is 0 Å². The summed E-state index contributed by atoms with van der Waals surface area (Å²) in [4.78, 5) is 0. The van der Waals surface area contributed by atoms with Crippen LogP contribution in [0.1, 0.15) is 113 Å². The van der Waals surface area contributed by atoms with Gasteiger partial charge in [0.05, 0.1) is 12.2 Å². The Bertz CT molecular complexity index is 427. The zero-order chi connectivity index (χ0) is 21.4. The van der Waals surface area contributed by atoms with Gasteiger partial charge in [-0.2, -0.15) is 0 Å². The summed E-state index contributed by atoms with van der Waals surface area (Å²) in [5.74, 6) is 0.528. The topological polar surface area (TPSA) is 49.7 Å². The number of unbranched alkanes of at least 4 members (excludes halogenated alkanes) is 5. The molecule has 1 rings (SSSR count). The molecule has 0 aliphatic heterocycles. The first kappa shape index (κ1) is 26.1. The van der Waals surface area contributed by atoms with E-state index in [0.29, 0.717) is 5.92 Å². The van der Waals surface area contributed by atoms with Gasteiger partial charge < -0.3 is 14.6 Å². The van der Waals surface area contributed by atoms with Crippen molar-refractivity contribution in [3.05, 3.63) is 0 Å². The third kappa shape index (κ3) is 8.85. The van der Waals surface area contributed by atoms with E-state index in [-0.39, 0.29) is 10.6 Å². The molecular weight excluding hydrogens is 364 g/mol. The zero-order valence-electron chi connectivity index (χ0n) is 20.0. The number of hydrogen-bond donors (Lipinski definition) is 2. The lowest BCUT2D eigenvalue weighted by Gasteiger charge is -2.47. The van der Waals surface area contributed by atoms with Crippen LogP contribution in [0.4, 0.5) is 0 Å². The Kier molecular flexibility index (Phi) is 10.7. The highest BCUT2D eigenvalue weighted by molar-refractivity contribution is 6.76. The normalized spacial score (nSPS) is 26.2. The molecule has 0 aromatic heterocycles. The average molecular weight is 415 g/mol. The molecule has 1 fully saturated rings. The van der Waals surface area contributed by atoms with Gasteiger partial charge in [-0.05, 0) is 63.1 Å². The molecule has 0 aromatic carbocycles. The fourth-order valence-electron chi connectivity index (χ4n) is 4.82. The van der Waals surface area contributed by atoms with Crippen molar-refractivity contribution in [3.8, 4) is 0 Å². The molecular formula is C24H50O3Si. The minimum atomic E-state index is -1.97. The minimum Gasteiger partial charge on any atom is -0.412 e. The maximum absolute atomic E-state index is 10.1. The van der Waals surface area contributed by atoms with Gasteiger partial charge in [-0.25, -0.2) is 0 Å². The molecule has 1 aliphatic carbocycles. The van der Waals surface area contributed by atoms with Crippen LogP contribution < -0.4 is 0 Å². The predicted molar refractivity (Wildman–Crippen MR) is 123 cm³/mol. The molecule has 0 aromatic rings. The summed E-state index contributed by atoms with van der Waals surface area (Å²) in [6.45, 7) is 16.1. The molecule has 3 nitrogen and oxygen atoms in total. The molecule has 4 unspecified atom stereocenters. The molecule has 0 amide bonds. The zero-order valence-corrected chi connectivity index (χ0v) is 21.0. The van der Waals surface area contributed by atoms with Crippen molar-refractivity contribution in [1.82, 2.24) is 0 Å². The van der Waals surface area contributed by atoms with Crippen LogP contribution in [0.3, 0.4) is 0 Å². The van der Waals surface area contributed by atoms with E-state index in [1.165, 1.54) is 50.6 Å². The van der Waals surface area contributed by atoms with Gasteiger partial charge in [-0.15, -0.1) is 0 Å². The quantitative estimate of drug-likeness (QED) is 0.288. The fraction of sp³-hybridized carbons (Fsp3) is 1.00. The maximum Gasteiger partial charge on any atom is 0.198 e. The second kappa shape index (κ2) is 11.5. The third-order valence-electron chi connectivity index (χ3n) is 6.65. The van der Waals surface area contributed by atoms with Crippen LogP contribution in [0.25, 0.3) is 0 Å². The summed E-state index contributed by atoms with van der Waals surface area (Å²) >= 11 is 0. The predicted octanol–water partition coefficient (Wildman–Crippen LogP) is 6.82. The first-order chi connectivity index (χ1) is 12.9. The van der Waals surface area contributed by atoms with E-state index in [9.17, 15) is 10.2 Å². The summed E-state index contributed by atoms with van der Waals surface area (Å²) < 4.78 is 6.98. The highest BCUT2D eigenvalue weighted by Crippen LogP contribution is 2.47. The van der Waals surface area contributed by atoms with Gasteiger partial charge in [0, 0.05) is 5.60 Å². The molecule has 0 spiro atoms. The number of hydrogen-bond acceptors (Lipinski definition) is 3. The van der Waals surface area contributed by atoms with Gasteiger partial charge in [0.25, 0.3) is 0 Å². The standard InChI is InChI=1S/C24H50O3Si/c1-8-9-10-11-12-13-17-28(24(5,6)7,27-23(2,3)4)18-16-20-14-15-21(25)22(26)19-20/h20-22,25-26H,8-19H2,1-7H3. The molecule has 0 heterocycles. The van der Waals surface area contributed by atoms with Crippen LogP contribution >= 0.6 is 0 Å². The number of rotatable bonds is 11. The van der Waals surface area contributed by atoms with E-state index in [0.717, 1.165) is 25.7 Å². The summed E-state index contributed by atoms with van der Waals surface area (Å²) in [6, 6.07) is 2.42. The van der Waals surface area contributed by atoms with Gasteiger partial charge in [0.1, 0.15) is 0 Å². The lowest BCUT2D eigenvalue weighted by Crippen LogP contribution is -2.52. The summed E-state index contributed by atoms with van der Waals surface area (Å²) in [6.07, 6.45) is 10.6. The SMILES string of the molecule is CCCCCCCC[Si](CCC1CCC(O)C(O)C1)(OC(C)(C)C)C(C)(C)C. The molecule has 1 saturated carbocycles. The van der Waals surface area contributed by atoms with Gasteiger partial charge in [0.15, 0.2) is 8.32 Å². The van der Waals surface area contributed by atoms with Crippen molar-refractivity contribution in [2.75, 3.05) is 0 Å². The van der Waals surface area contributed by atoms with Gasteiger partial charge in [0.2, 0.25) is 0 Å². The third-order valence-corrected chi connectivity index (χ3v) is 12.6. The summed E-state index contributed by atoms with van der Waals surface area (Å²) in [5, 5.41) is 20.1. The molecule has 0 bridgehead atoms. The Morgan fingerprint density at radius 2 is 1.43 bits per heavy atom. The first-order valence-electron chi connectivity index (χ1n) is 12.0. The molecule has 4 atom stereocenters. The molecule has 1 aliphatic rings. The van der Waals surface area contributed by atoms with Crippen LogP contribution in [0.5, 0.6) is 0 Å². The lowest BCUT2D eigenvalue weighted by atomic mass is 9.84. The highest BCUT2D eigenvalue weighted by atomic mass is 28.4.